The Kier molecular flexibility index (Phi) is 5.53. The first-order chi connectivity index (χ1) is 12.1. The fourth-order valence-electron chi connectivity index (χ4n) is 2.60. The highest BCUT2D eigenvalue weighted by atomic mass is 35.5. The van der Waals surface area contributed by atoms with Crippen LogP contribution in [0.4, 0.5) is 0 Å². The number of aryl methyl sites for hydroxylation is 1. The second-order valence-corrected chi connectivity index (χ2v) is 7.06. The Bertz CT molecular complexity index is 873. The van der Waals surface area contributed by atoms with Gasteiger partial charge in [0.1, 0.15) is 0 Å². The molecule has 3 rings (SSSR count). The molecule has 0 aliphatic carbocycles. The van der Waals surface area contributed by atoms with Gasteiger partial charge in [-0.3, -0.25) is 9.48 Å². The molecule has 1 atom stereocenters. The van der Waals surface area contributed by atoms with Gasteiger partial charge in [0, 0.05) is 36.2 Å². The van der Waals surface area contributed by atoms with Crippen LogP contribution in [0.15, 0.2) is 48.0 Å². The SMILES string of the molecule is Cn1nccc1-c1cc(C(=O)N[C@H](CN)Cc2ccccc2Cl)cs1. The third-order valence-electron chi connectivity index (χ3n) is 3.98. The predicted molar refractivity (Wildman–Crippen MR) is 102 cm³/mol. The van der Waals surface area contributed by atoms with Crippen molar-refractivity contribution in [3.05, 3.63) is 64.1 Å². The van der Waals surface area contributed by atoms with Crippen molar-refractivity contribution in [3.63, 3.8) is 0 Å². The predicted octanol–water partition coefficient (Wildman–Crippen LogP) is 3.10. The van der Waals surface area contributed by atoms with Crippen LogP contribution in [0.5, 0.6) is 0 Å². The van der Waals surface area contributed by atoms with Gasteiger partial charge in [0.15, 0.2) is 0 Å². The van der Waals surface area contributed by atoms with E-state index < -0.39 is 0 Å². The summed E-state index contributed by atoms with van der Waals surface area (Å²) in [7, 11) is 1.88. The highest BCUT2D eigenvalue weighted by Gasteiger charge is 2.16. The fourth-order valence-corrected chi connectivity index (χ4v) is 3.75. The standard InChI is InChI=1S/C18H19ClN4OS/c1-23-16(6-7-21-23)17-9-13(11-25-17)18(24)22-14(10-20)8-12-4-2-3-5-15(12)19/h2-7,9,11,14H,8,10,20H2,1H3,(H,22,24)/t14-/m0/s1. The zero-order valence-electron chi connectivity index (χ0n) is 13.8. The molecule has 0 saturated carbocycles. The lowest BCUT2D eigenvalue weighted by atomic mass is 10.1. The number of carbonyl (C=O) groups excluding carboxylic acids is 1. The fraction of sp³-hybridized carbons (Fsp3) is 0.222. The molecular weight excluding hydrogens is 356 g/mol. The number of halogens is 1. The van der Waals surface area contributed by atoms with Gasteiger partial charge in [0.05, 0.1) is 16.1 Å². The minimum atomic E-state index is -0.174. The molecule has 3 aromatic rings. The van der Waals surface area contributed by atoms with Gasteiger partial charge in [0.25, 0.3) is 5.91 Å². The quantitative estimate of drug-likeness (QED) is 0.696. The smallest absolute Gasteiger partial charge is 0.252 e. The molecule has 2 aromatic heterocycles. The topological polar surface area (TPSA) is 72.9 Å². The van der Waals surface area contributed by atoms with E-state index in [1.54, 1.807) is 10.9 Å². The van der Waals surface area contributed by atoms with Gasteiger partial charge in [-0.05, 0) is 30.2 Å². The number of nitrogens with two attached hydrogens (primary N) is 1. The van der Waals surface area contributed by atoms with Crippen LogP contribution < -0.4 is 11.1 Å². The molecule has 0 spiro atoms. The summed E-state index contributed by atoms with van der Waals surface area (Å²) in [6, 6.07) is 11.2. The van der Waals surface area contributed by atoms with Crippen molar-refractivity contribution in [3.8, 4) is 10.6 Å². The van der Waals surface area contributed by atoms with Crippen LogP contribution >= 0.6 is 22.9 Å². The van der Waals surface area contributed by atoms with Crippen LogP contribution in [0.2, 0.25) is 5.02 Å². The number of hydrogen-bond donors (Lipinski definition) is 2. The first-order valence-corrected chi connectivity index (χ1v) is 9.15. The molecule has 7 heteroatoms. The van der Waals surface area contributed by atoms with Crippen molar-refractivity contribution >= 4 is 28.8 Å². The molecule has 0 bridgehead atoms. The Morgan fingerprint density at radius 3 is 2.88 bits per heavy atom. The Morgan fingerprint density at radius 2 is 2.20 bits per heavy atom. The number of benzene rings is 1. The maximum absolute atomic E-state index is 12.5. The Morgan fingerprint density at radius 1 is 1.40 bits per heavy atom. The molecule has 0 saturated heterocycles. The second-order valence-electron chi connectivity index (χ2n) is 5.74. The van der Waals surface area contributed by atoms with Crippen molar-refractivity contribution in [1.29, 1.82) is 0 Å². The maximum Gasteiger partial charge on any atom is 0.252 e. The normalized spacial score (nSPS) is 12.1. The Hall–Kier alpha value is -2.15. The summed E-state index contributed by atoms with van der Waals surface area (Å²) < 4.78 is 1.79. The van der Waals surface area contributed by atoms with Crippen molar-refractivity contribution < 1.29 is 4.79 Å². The molecule has 3 N–H and O–H groups in total. The van der Waals surface area contributed by atoms with Crippen LogP contribution in [0.25, 0.3) is 10.6 Å². The number of rotatable bonds is 6. The molecule has 130 valence electrons. The zero-order chi connectivity index (χ0) is 17.8. The third-order valence-corrected chi connectivity index (χ3v) is 5.30. The van der Waals surface area contributed by atoms with E-state index in [0.717, 1.165) is 16.1 Å². The highest BCUT2D eigenvalue weighted by Crippen LogP contribution is 2.26. The average molecular weight is 375 g/mol. The summed E-state index contributed by atoms with van der Waals surface area (Å²) >= 11 is 7.71. The molecule has 2 heterocycles. The first-order valence-electron chi connectivity index (χ1n) is 7.89. The second kappa shape index (κ2) is 7.82. The zero-order valence-corrected chi connectivity index (χ0v) is 15.3. The van der Waals surface area contributed by atoms with Crippen molar-refractivity contribution in [1.82, 2.24) is 15.1 Å². The van der Waals surface area contributed by atoms with Crippen molar-refractivity contribution in [2.24, 2.45) is 12.8 Å². The molecule has 0 aliphatic rings. The van der Waals surface area contributed by atoms with E-state index in [-0.39, 0.29) is 11.9 Å². The van der Waals surface area contributed by atoms with Gasteiger partial charge in [-0.1, -0.05) is 29.8 Å². The van der Waals surface area contributed by atoms with E-state index >= 15 is 0 Å². The van der Waals surface area contributed by atoms with E-state index in [0.29, 0.717) is 23.6 Å². The van der Waals surface area contributed by atoms with E-state index in [4.69, 9.17) is 17.3 Å². The number of thiophene rings is 1. The van der Waals surface area contributed by atoms with Crippen molar-refractivity contribution in [2.45, 2.75) is 12.5 Å². The maximum atomic E-state index is 12.5. The lowest BCUT2D eigenvalue weighted by molar-refractivity contribution is 0.0938. The van der Waals surface area contributed by atoms with Crippen LogP contribution in [0.3, 0.4) is 0 Å². The van der Waals surface area contributed by atoms with Gasteiger partial charge in [-0.15, -0.1) is 11.3 Å². The monoisotopic (exact) mass is 374 g/mol. The molecule has 5 nitrogen and oxygen atoms in total. The summed E-state index contributed by atoms with van der Waals surface area (Å²) in [6.45, 7) is 0.343. The van der Waals surface area contributed by atoms with Gasteiger partial charge in [-0.2, -0.15) is 5.10 Å². The minimum absolute atomic E-state index is 0.132. The molecule has 1 amide bonds. The summed E-state index contributed by atoms with van der Waals surface area (Å²) in [5.41, 5.74) is 8.41. The van der Waals surface area contributed by atoms with Crippen LogP contribution in [0.1, 0.15) is 15.9 Å². The van der Waals surface area contributed by atoms with Gasteiger partial charge >= 0.3 is 0 Å². The van der Waals surface area contributed by atoms with Crippen LogP contribution in [0, 0.1) is 0 Å². The number of amides is 1. The van der Waals surface area contributed by atoms with Crippen molar-refractivity contribution in [2.75, 3.05) is 6.54 Å². The summed E-state index contributed by atoms with van der Waals surface area (Å²) in [6.07, 6.45) is 2.34. The summed E-state index contributed by atoms with van der Waals surface area (Å²) in [5.74, 6) is -0.132. The first kappa shape index (κ1) is 17.7. The average Bonchev–Trinajstić information content (AvgIpc) is 3.24. The molecule has 0 unspecified atom stereocenters. The summed E-state index contributed by atoms with van der Waals surface area (Å²) in [5, 5.41) is 9.68. The minimum Gasteiger partial charge on any atom is -0.348 e. The van der Waals surface area contributed by atoms with Gasteiger partial charge < -0.3 is 11.1 Å². The number of carbonyl (C=O) groups is 1. The number of nitrogens with one attached hydrogen (secondary N) is 1. The highest BCUT2D eigenvalue weighted by molar-refractivity contribution is 7.13. The third kappa shape index (κ3) is 4.10. The van der Waals surface area contributed by atoms with E-state index in [2.05, 4.69) is 10.4 Å². The number of hydrogen-bond acceptors (Lipinski definition) is 4. The van der Waals surface area contributed by atoms with Gasteiger partial charge in [-0.25, -0.2) is 0 Å². The largest absolute Gasteiger partial charge is 0.348 e. The number of nitrogens with zero attached hydrogens (tertiary/aromatic N) is 2. The van der Waals surface area contributed by atoms with Gasteiger partial charge in [0.2, 0.25) is 0 Å². The lowest BCUT2D eigenvalue weighted by Gasteiger charge is -2.17. The molecule has 0 aliphatic heterocycles. The molecule has 25 heavy (non-hydrogen) atoms. The Labute approximate surface area is 155 Å². The van der Waals surface area contributed by atoms with Crippen LogP contribution in [-0.4, -0.2) is 28.3 Å². The lowest BCUT2D eigenvalue weighted by Crippen LogP contribution is -2.41. The van der Waals surface area contributed by atoms with E-state index in [1.165, 1.54) is 11.3 Å². The molecule has 1 aromatic carbocycles. The summed E-state index contributed by atoms with van der Waals surface area (Å²) in [4.78, 5) is 13.5. The Balaban J connectivity index is 1.69. The number of aromatic nitrogens is 2. The molecular formula is C18H19ClN4OS. The molecule has 0 radical (unpaired) electrons. The van der Waals surface area contributed by atoms with Crippen LogP contribution in [-0.2, 0) is 13.5 Å². The van der Waals surface area contributed by atoms with E-state index in [9.17, 15) is 4.79 Å². The molecule has 0 fully saturated rings. The van der Waals surface area contributed by atoms with E-state index in [1.807, 2.05) is 48.8 Å².